The van der Waals surface area contributed by atoms with Gasteiger partial charge in [0.05, 0.1) is 0 Å². The fourth-order valence-electron chi connectivity index (χ4n) is 4.73. The van der Waals surface area contributed by atoms with Gasteiger partial charge in [0, 0.05) is 30.7 Å². The van der Waals surface area contributed by atoms with E-state index >= 15 is 0 Å². The summed E-state index contributed by atoms with van der Waals surface area (Å²) in [6.45, 7) is 9.81. The van der Waals surface area contributed by atoms with E-state index in [0.717, 1.165) is 23.9 Å². The van der Waals surface area contributed by atoms with Gasteiger partial charge in [0.2, 0.25) is 0 Å². The van der Waals surface area contributed by atoms with Gasteiger partial charge in [-0.2, -0.15) is 0 Å². The normalized spacial score (nSPS) is 37.5. The molecule has 1 saturated heterocycles. The molecule has 3 aliphatic rings. The van der Waals surface area contributed by atoms with E-state index in [2.05, 4.69) is 31.0 Å². The fourth-order valence-corrected chi connectivity index (χ4v) is 4.73. The van der Waals surface area contributed by atoms with E-state index in [4.69, 9.17) is 0 Å². The maximum absolute atomic E-state index is 3.89. The first kappa shape index (κ1) is 14.8. The number of hydrogen-bond donors (Lipinski definition) is 1. The van der Waals surface area contributed by atoms with Crippen molar-refractivity contribution in [3.05, 3.63) is 0 Å². The molecule has 2 aliphatic carbocycles. The minimum absolute atomic E-state index is 0.454. The highest BCUT2D eigenvalue weighted by molar-refractivity contribution is 5.06. The van der Waals surface area contributed by atoms with Gasteiger partial charge in [0.15, 0.2) is 0 Å². The maximum atomic E-state index is 3.89. The van der Waals surface area contributed by atoms with Crippen LogP contribution in [-0.2, 0) is 0 Å². The SMILES string of the molecule is CC(C)CC1CN(C2CCCCC2)C(C)(C2CC2)CN1. The summed E-state index contributed by atoms with van der Waals surface area (Å²) in [5.74, 6) is 1.78. The molecule has 0 aromatic heterocycles. The Balaban J connectivity index is 1.71. The zero-order chi connectivity index (χ0) is 14.2. The van der Waals surface area contributed by atoms with Gasteiger partial charge in [-0.25, -0.2) is 0 Å². The molecule has 2 atom stereocenters. The molecule has 1 N–H and O–H groups in total. The Kier molecular flexibility index (Phi) is 4.42. The Labute approximate surface area is 125 Å². The van der Waals surface area contributed by atoms with Gasteiger partial charge >= 0.3 is 0 Å². The Morgan fingerprint density at radius 2 is 1.80 bits per heavy atom. The molecule has 1 aliphatic heterocycles. The van der Waals surface area contributed by atoms with Crippen LogP contribution in [0.4, 0.5) is 0 Å². The molecule has 3 fully saturated rings. The topological polar surface area (TPSA) is 15.3 Å². The van der Waals surface area contributed by atoms with Crippen molar-refractivity contribution in [2.24, 2.45) is 11.8 Å². The van der Waals surface area contributed by atoms with Gasteiger partial charge in [-0.15, -0.1) is 0 Å². The molecule has 0 radical (unpaired) electrons. The van der Waals surface area contributed by atoms with Crippen molar-refractivity contribution < 1.29 is 0 Å². The van der Waals surface area contributed by atoms with Gasteiger partial charge in [0.1, 0.15) is 0 Å². The Bertz CT molecular complexity index is 317. The molecule has 116 valence electrons. The van der Waals surface area contributed by atoms with E-state index in [1.165, 1.54) is 64.5 Å². The van der Waals surface area contributed by atoms with Crippen molar-refractivity contribution in [2.75, 3.05) is 13.1 Å². The van der Waals surface area contributed by atoms with Crippen LogP contribution in [0.15, 0.2) is 0 Å². The molecule has 2 nitrogen and oxygen atoms in total. The summed E-state index contributed by atoms with van der Waals surface area (Å²) in [4.78, 5) is 2.97. The summed E-state index contributed by atoms with van der Waals surface area (Å²) in [6, 6.07) is 1.61. The lowest BCUT2D eigenvalue weighted by Crippen LogP contribution is -2.67. The fraction of sp³-hybridized carbons (Fsp3) is 1.00. The van der Waals surface area contributed by atoms with Crippen LogP contribution in [0, 0.1) is 11.8 Å². The molecule has 3 rings (SSSR count). The molecule has 20 heavy (non-hydrogen) atoms. The molecular weight excluding hydrogens is 244 g/mol. The first-order chi connectivity index (χ1) is 9.59. The van der Waals surface area contributed by atoms with Crippen LogP contribution >= 0.6 is 0 Å². The largest absolute Gasteiger partial charge is 0.311 e. The summed E-state index contributed by atoms with van der Waals surface area (Å²) in [5, 5.41) is 3.89. The van der Waals surface area contributed by atoms with Gasteiger partial charge in [-0.05, 0) is 50.9 Å². The first-order valence-electron chi connectivity index (χ1n) is 9.09. The Morgan fingerprint density at radius 1 is 1.10 bits per heavy atom. The Hall–Kier alpha value is -0.0800. The average Bonchev–Trinajstić information content (AvgIpc) is 3.26. The third-order valence-electron chi connectivity index (χ3n) is 6.05. The number of nitrogens with zero attached hydrogens (tertiary/aromatic N) is 1. The average molecular weight is 278 g/mol. The van der Waals surface area contributed by atoms with E-state index in [-0.39, 0.29) is 0 Å². The molecule has 2 saturated carbocycles. The van der Waals surface area contributed by atoms with Crippen LogP contribution < -0.4 is 5.32 Å². The molecule has 0 spiro atoms. The summed E-state index contributed by atoms with van der Waals surface area (Å²) in [6.07, 6.45) is 11.6. The lowest BCUT2D eigenvalue weighted by molar-refractivity contribution is -0.0169. The minimum atomic E-state index is 0.454. The second-order valence-electron chi connectivity index (χ2n) is 8.28. The van der Waals surface area contributed by atoms with Gasteiger partial charge in [-0.3, -0.25) is 4.90 Å². The van der Waals surface area contributed by atoms with E-state index in [1.807, 2.05) is 0 Å². The molecule has 0 bridgehead atoms. The monoisotopic (exact) mass is 278 g/mol. The standard InChI is InChI=1S/C18H34N2/c1-14(2)11-16-12-20(17-7-5-4-6-8-17)18(3,13-19-16)15-9-10-15/h14-17,19H,4-13H2,1-3H3. The minimum Gasteiger partial charge on any atom is -0.311 e. The predicted molar refractivity (Wildman–Crippen MR) is 86.0 cm³/mol. The van der Waals surface area contributed by atoms with Crippen LogP contribution in [0.5, 0.6) is 0 Å². The Morgan fingerprint density at radius 3 is 2.40 bits per heavy atom. The molecule has 0 amide bonds. The van der Waals surface area contributed by atoms with Crippen LogP contribution in [-0.4, -0.2) is 35.6 Å². The third-order valence-corrected chi connectivity index (χ3v) is 6.05. The zero-order valence-electron chi connectivity index (χ0n) is 13.8. The maximum Gasteiger partial charge on any atom is 0.0337 e. The third kappa shape index (κ3) is 3.06. The van der Waals surface area contributed by atoms with Crippen LogP contribution in [0.2, 0.25) is 0 Å². The van der Waals surface area contributed by atoms with Gasteiger partial charge < -0.3 is 5.32 Å². The summed E-state index contributed by atoms with van der Waals surface area (Å²) < 4.78 is 0. The van der Waals surface area contributed by atoms with Crippen molar-refractivity contribution in [3.63, 3.8) is 0 Å². The summed E-state index contributed by atoms with van der Waals surface area (Å²) >= 11 is 0. The van der Waals surface area contributed by atoms with E-state index < -0.39 is 0 Å². The number of rotatable bonds is 4. The van der Waals surface area contributed by atoms with Crippen molar-refractivity contribution in [1.29, 1.82) is 0 Å². The molecule has 2 heteroatoms. The van der Waals surface area contributed by atoms with E-state index in [1.54, 1.807) is 0 Å². The molecule has 0 aromatic rings. The second-order valence-corrected chi connectivity index (χ2v) is 8.28. The summed E-state index contributed by atoms with van der Waals surface area (Å²) in [7, 11) is 0. The summed E-state index contributed by atoms with van der Waals surface area (Å²) in [5.41, 5.74) is 0.454. The van der Waals surface area contributed by atoms with Crippen molar-refractivity contribution >= 4 is 0 Å². The number of nitrogens with one attached hydrogen (secondary N) is 1. The van der Waals surface area contributed by atoms with Gasteiger partial charge in [0.25, 0.3) is 0 Å². The van der Waals surface area contributed by atoms with Crippen LogP contribution in [0.3, 0.4) is 0 Å². The number of piperazine rings is 1. The highest BCUT2D eigenvalue weighted by Crippen LogP contribution is 2.46. The molecule has 1 heterocycles. The first-order valence-corrected chi connectivity index (χ1v) is 9.09. The van der Waals surface area contributed by atoms with Gasteiger partial charge in [-0.1, -0.05) is 33.1 Å². The van der Waals surface area contributed by atoms with Crippen molar-refractivity contribution in [1.82, 2.24) is 10.2 Å². The van der Waals surface area contributed by atoms with E-state index in [9.17, 15) is 0 Å². The lowest BCUT2D eigenvalue weighted by Gasteiger charge is -2.53. The predicted octanol–water partition coefficient (Wildman–Crippen LogP) is 3.81. The zero-order valence-corrected chi connectivity index (χ0v) is 13.8. The van der Waals surface area contributed by atoms with Crippen LogP contribution in [0.1, 0.15) is 72.1 Å². The quantitative estimate of drug-likeness (QED) is 0.841. The molecule has 2 unspecified atom stereocenters. The smallest absolute Gasteiger partial charge is 0.0337 e. The van der Waals surface area contributed by atoms with Crippen molar-refractivity contribution in [2.45, 2.75) is 89.8 Å². The lowest BCUT2D eigenvalue weighted by atomic mass is 9.83. The van der Waals surface area contributed by atoms with E-state index in [0.29, 0.717) is 5.54 Å². The highest BCUT2D eigenvalue weighted by atomic mass is 15.3. The van der Waals surface area contributed by atoms with Crippen LogP contribution in [0.25, 0.3) is 0 Å². The highest BCUT2D eigenvalue weighted by Gasteiger charge is 2.50. The second kappa shape index (κ2) is 5.96. The molecular formula is C18H34N2. The molecule has 0 aromatic carbocycles. The number of hydrogen-bond acceptors (Lipinski definition) is 2. The van der Waals surface area contributed by atoms with Crippen molar-refractivity contribution in [3.8, 4) is 0 Å².